The average molecular weight is 583 g/mol. The van der Waals surface area contributed by atoms with Crippen LogP contribution in [0.1, 0.15) is 12.7 Å². The van der Waals surface area contributed by atoms with Crippen LogP contribution in [0, 0.1) is 10.1 Å². The van der Waals surface area contributed by atoms with Crippen LogP contribution in [-0.2, 0) is 14.8 Å². The Morgan fingerprint density at radius 3 is 2.35 bits per heavy atom. The highest BCUT2D eigenvalue weighted by atomic mass is 35.5. The lowest BCUT2D eigenvalue weighted by molar-refractivity contribution is -0.384. The van der Waals surface area contributed by atoms with Crippen LogP contribution >= 0.6 is 11.6 Å². The predicted octanol–water partition coefficient (Wildman–Crippen LogP) is 5.25. The molecule has 40 heavy (non-hydrogen) atoms. The van der Waals surface area contributed by atoms with E-state index in [1.165, 1.54) is 54.7 Å². The summed E-state index contributed by atoms with van der Waals surface area (Å²) in [5, 5.41) is 15.1. The fourth-order valence-electron chi connectivity index (χ4n) is 3.58. The number of hydrogen-bond acceptors (Lipinski definition) is 8. The summed E-state index contributed by atoms with van der Waals surface area (Å²) in [5.41, 5.74) is 3.13. The van der Waals surface area contributed by atoms with Crippen molar-refractivity contribution in [2.24, 2.45) is 5.10 Å². The molecule has 1 amide bonds. The van der Waals surface area contributed by atoms with Gasteiger partial charge in [0.2, 0.25) is 0 Å². The van der Waals surface area contributed by atoms with Crippen molar-refractivity contribution >= 4 is 45.1 Å². The summed E-state index contributed by atoms with van der Waals surface area (Å²) in [6.45, 7) is 1.70. The highest BCUT2D eigenvalue weighted by Gasteiger charge is 2.27. The molecule has 0 saturated heterocycles. The number of furan rings is 1. The monoisotopic (exact) mass is 582 g/mol. The van der Waals surface area contributed by atoms with Gasteiger partial charge in [0, 0.05) is 22.7 Å². The zero-order chi connectivity index (χ0) is 28.7. The van der Waals surface area contributed by atoms with Crippen molar-refractivity contribution in [3.8, 4) is 17.1 Å². The van der Waals surface area contributed by atoms with Gasteiger partial charge >= 0.3 is 0 Å². The number of ether oxygens (including phenoxy) is 1. The molecule has 3 aromatic carbocycles. The molecule has 0 aliphatic carbocycles. The molecule has 1 N–H and O–H groups in total. The molecular formula is C27H23ClN4O7S. The molecule has 4 rings (SSSR count). The van der Waals surface area contributed by atoms with Crippen molar-refractivity contribution in [1.82, 2.24) is 5.43 Å². The SMILES string of the molecule is CCOc1ccc(N(CC(=O)N/N=C\c2ccc(-c3ccc([N+](=O)[O-])cc3)o2)S(=O)(=O)c2ccc(Cl)cc2)cc1. The van der Waals surface area contributed by atoms with Gasteiger partial charge in [-0.1, -0.05) is 11.6 Å². The van der Waals surface area contributed by atoms with Gasteiger partial charge in [-0.2, -0.15) is 5.10 Å². The summed E-state index contributed by atoms with van der Waals surface area (Å²) in [5.74, 6) is 0.588. The zero-order valence-electron chi connectivity index (χ0n) is 21.1. The minimum atomic E-state index is -4.14. The van der Waals surface area contributed by atoms with Gasteiger partial charge in [-0.15, -0.1) is 0 Å². The molecule has 0 aliphatic heterocycles. The second-order valence-electron chi connectivity index (χ2n) is 8.19. The van der Waals surface area contributed by atoms with Gasteiger partial charge in [0.05, 0.1) is 28.3 Å². The maximum absolute atomic E-state index is 13.5. The predicted molar refractivity (Wildman–Crippen MR) is 150 cm³/mol. The summed E-state index contributed by atoms with van der Waals surface area (Å²) in [6.07, 6.45) is 1.25. The highest BCUT2D eigenvalue weighted by Crippen LogP contribution is 2.27. The molecule has 0 fully saturated rings. The number of nitrogens with one attached hydrogen (secondary N) is 1. The molecule has 1 heterocycles. The van der Waals surface area contributed by atoms with Crippen LogP contribution in [0.5, 0.6) is 5.75 Å². The zero-order valence-corrected chi connectivity index (χ0v) is 22.6. The maximum Gasteiger partial charge on any atom is 0.269 e. The van der Waals surface area contributed by atoms with Crippen molar-refractivity contribution < 1.29 is 27.3 Å². The van der Waals surface area contributed by atoms with E-state index < -0.39 is 27.4 Å². The van der Waals surface area contributed by atoms with Crippen LogP contribution in [0.15, 0.2) is 99.3 Å². The summed E-state index contributed by atoms with van der Waals surface area (Å²) in [6, 6.07) is 21.0. The third kappa shape index (κ3) is 6.84. The average Bonchev–Trinajstić information content (AvgIpc) is 3.41. The Kier molecular flexibility index (Phi) is 8.82. The number of sulfonamides is 1. The van der Waals surface area contributed by atoms with Crippen molar-refractivity contribution in [3.63, 3.8) is 0 Å². The first-order valence-corrected chi connectivity index (χ1v) is 13.7. The van der Waals surface area contributed by atoms with Crippen LogP contribution < -0.4 is 14.5 Å². The minimum absolute atomic E-state index is 0.0443. The first kappa shape index (κ1) is 28.3. The summed E-state index contributed by atoms with van der Waals surface area (Å²) < 4.78 is 39.0. The Morgan fingerprint density at radius 2 is 1.73 bits per heavy atom. The number of carbonyl (C=O) groups excluding carboxylic acids is 1. The third-order valence-corrected chi connectivity index (χ3v) is 7.54. The molecule has 13 heteroatoms. The van der Waals surface area contributed by atoms with Gasteiger partial charge in [-0.05, 0) is 79.7 Å². The molecule has 1 aromatic heterocycles. The first-order chi connectivity index (χ1) is 19.2. The Morgan fingerprint density at radius 1 is 1.05 bits per heavy atom. The number of nitro benzene ring substituents is 1. The number of hydrogen-bond donors (Lipinski definition) is 1. The number of anilines is 1. The molecule has 0 aliphatic rings. The van der Waals surface area contributed by atoms with E-state index in [1.54, 1.807) is 36.4 Å². The third-order valence-electron chi connectivity index (χ3n) is 5.50. The molecule has 4 aromatic rings. The standard InChI is InChI=1S/C27H23ClN4O7S/c1-2-38-23-11-9-21(10-12-23)31(40(36,37)25-14-5-20(28)6-15-25)18-27(33)30-29-17-24-13-16-26(39-24)19-3-7-22(8-4-19)32(34)35/h3-17H,2,18H2,1H3,(H,30,33)/b29-17-. The van der Waals surface area contributed by atoms with Gasteiger partial charge in [-0.3, -0.25) is 19.2 Å². The Labute approximate surface area is 234 Å². The van der Waals surface area contributed by atoms with Gasteiger partial charge < -0.3 is 9.15 Å². The molecule has 0 saturated carbocycles. The van der Waals surface area contributed by atoms with E-state index in [0.717, 1.165) is 4.31 Å². The van der Waals surface area contributed by atoms with Gasteiger partial charge in [0.15, 0.2) is 0 Å². The fourth-order valence-corrected chi connectivity index (χ4v) is 5.13. The molecule has 206 valence electrons. The summed E-state index contributed by atoms with van der Waals surface area (Å²) in [4.78, 5) is 23.1. The van der Waals surface area contributed by atoms with Gasteiger partial charge in [0.25, 0.3) is 21.6 Å². The largest absolute Gasteiger partial charge is 0.494 e. The second kappa shape index (κ2) is 12.5. The van der Waals surface area contributed by atoms with Crippen LogP contribution in [0.2, 0.25) is 5.02 Å². The van der Waals surface area contributed by atoms with Gasteiger partial charge in [-0.25, -0.2) is 13.8 Å². The van der Waals surface area contributed by atoms with Crippen molar-refractivity contribution in [1.29, 1.82) is 0 Å². The lowest BCUT2D eigenvalue weighted by atomic mass is 10.1. The Hall–Kier alpha value is -4.68. The molecule has 0 atom stereocenters. The molecule has 0 radical (unpaired) electrons. The van der Waals surface area contributed by atoms with E-state index in [-0.39, 0.29) is 16.3 Å². The molecule has 0 bridgehead atoms. The highest BCUT2D eigenvalue weighted by molar-refractivity contribution is 7.92. The topological polar surface area (TPSA) is 144 Å². The second-order valence-corrected chi connectivity index (χ2v) is 10.5. The number of nitro groups is 1. The van der Waals surface area contributed by atoms with Crippen LogP contribution in [0.3, 0.4) is 0 Å². The number of hydrazone groups is 1. The van der Waals surface area contributed by atoms with E-state index in [1.807, 2.05) is 6.92 Å². The van der Waals surface area contributed by atoms with E-state index in [2.05, 4.69) is 10.5 Å². The Bertz CT molecular complexity index is 1620. The number of amides is 1. The van der Waals surface area contributed by atoms with E-state index in [4.69, 9.17) is 20.8 Å². The molecule has 0 spiro atoms. The van der Waals surface area contributed by atoms with Crippen molar-refractivity contribution in [3.05, 3.63) is 106 Å². The first-order valence-electron chi connectivity index (χ1n) is 11.8. The van der Waals surface area contributed by atoms with Crippen LogP contribution in [-0.4, -0.2) is 38.6 Å². The molecular weight excluding hydrogens is 560 g/mol. The quantitative estimate of drug-likeness (QED) is 0.144. The van der Waals surface area contributed by atoms with E-state index in [0.29, 0.717) is 34.5 Å². The van der Waals surface area contributed by atoms with Gasteiger partial charge in [0.1, 0.15) is 23.8 Å². The molecule has 0 unspecified atom stereocenters. The van der Waals surface area contributed by atoms with Crippen LogP contribution in [0.25, 0.3) is 11.3 Å². The van der Waals surface area contributed by atoms with Crippen molar-refractivity contribution in [2.75, 3.05) is 17.5 Å². The number of carbonyl (C=O) groups is 1. The van der Waals surface area contributed by atoms with E-state index in [9.17, 15) is 23.3 Å². The van der Waals surface area contributed by atoms with E-state index >= 15 is 0 Å². The Balaban J connectivity index is 1.48. The summed E-state index contributed by atoms with van der Waals surface area (Å²) >= 11 is 5.92. The normalized spacial score (nSPS) is 11.3. The minimum Gasteiger partial charge on any atom is -0.494 e. The lowest BCUT2D eigenvalue weighted by Crippen LogP contribution is -2.39. The number of halogens is 1. The molecule has 11 nitrogen and oxygen atoms in total. The number of non-ortho nitro benzene ring substituents is 1. The number of nitrogens with zero attached hydrogens (tertiary/aromatic N) is 3. The summed E-state index contributed by atoms with van der Waals surface area (Å²) in [7, 11) is -4.14. The maximum atomic E-state index is 13.5. The lowest BCUT2D eigenvalue weighted by Gasteiger charge is -2.24. The number of benzene rings is 3. The number of rotatable bonds is 11. The van der Waals surface area contributed by atoms with Crippen molar-refractivity contribution in [2.45, 2.75) is 11.8 Å². The smallest absolute Gasteiger partial charge is 0.269 e. The van der Waals surface area contributed by atoms with Crippen LogP contribution in [0.4, 0.5) is 11.4 Å². The fraction of sp³-hybridized carbons (Fsp3) is 0.111.